The lowest BCUT2D eigenvalue weighted by molar-refractivity contribution is -0.124. The van der Waals surface area contributed by atoms with Crippen molar-refractivity contribution in [1.29, 1.82) is 0 Å². The van der Waals surface area contributed by atoms with Gasteiger partial charge in [-0.3, -0.25) is 0 Å². The first-order chi connectivity index (χ1) is 10.7. The van der Waals surface area contributed by atoms with Gasteiger partial charge in [-0.05, 0) is 18.6 Å². The molecular weight excluding hydrogens is 283 g/mol. The molecule has 1 unspecified atom stereocenters. The fourth-order valence-corrected chi connectivity index (χ4v) is 2.91. The quantitative estimate of drug-likeness (QED) is 0.789. The van der Waals surface area contributed by atoms with Gasteiger partial charge < -0.3 is 4.90 Å². The summed E-state index contributed by atoms with van der Waals surface area (Å²) in [5, 5.41) is 4.12. The molecule has 0 aromatic carbocycles. The summed E-state index contributed by atoms with van der Waals surface area (Å²) in [5.74, 6) is -0.844. The highest BCUT2D eigenvalue weighted by molar-refractivity contribution is 5.29. The van der Waals surface area contributed by atoms with Gasteiger partial charge >= 0.3 is 0 Å². The molecule has 6 nitrogen and oxygen atoms in total. The van der Waals surface area contributed by atoms with Crippen molar-refractivity contribution < 1.29 is 4.39 Å². The average molecular weight is 304 g/mol. The number of aromatic nitrogens is 4. The second-order valence-corrected chi connectivity index (χ2v) is 5.44. The van der Waals surface area contributed by atoms with Gasteiger partial charge in [0, 0.05) is 57.4 Å². The summed E-state index contributed by atoms with van der Waals surface area (Å²) in [7, 11) is 0. The Hall–Kier alpha value is -2.02. The maximum Gasteiger partial charge on any atom is 0.258 e. The minimum absolute atomic E-state index is 0.427. The molecule has 1 atom stereocenters. The van der Waals surface area contributed by atoms with Gasteiger partial charge in [-0.25, -0.2) is 19.5 Å². The molecule has 1 fully saturated rings. The maximum absolute atomic E-state index is 15.5. The lowest BCUT2D eigenvalue weighted by atomic mass is 10.2. The van der Waals surface area contributed by atoms with Crippen molar-refractivity contribution in [3.63, 3.8) is 0 Å². The third-order valence-corrected chi connectivity index (χ3v) is 4.02. The van der Waals surface area contributed by atoms with Gasteiger partial charge in [-0.1, -0.05) is 6.92 Å². The summed E-state index contributed by atoms with van der Waals surface area (Å²) in [5.41, 5.74) is 0. The van der Waals surface area contributed by atoms with E-state index in [-0.39, 0.29) is 0 Å². The summed E-state index contributed by atoms with van der Waals surface area (Å²) in [4.78, 5) is 12.5. The number of piperazine rings is 1. The average Bonchev–Trinajstić information content (AvgIpc) is 3.11. The molecule has 2 aromatic heterocycles. The Bertz CT molecular complexity index is 567. The highest BCUT2D eigenvalue weighted by atomic mass is 19.2. The third kappa shape index (κ3) is 2.81. The van der Waals surface area contributed by atoms with Gasteiger partial charge in [0.25, 0.3) is 5.92 Å². The zero-order valence-electron chi connectivity index (χ0n) is 12.8. The Kier molecular flexibility index (Phi) is 4.33. The van der Waals surface area contributed by atoms with Crippen LogP contribution in [0.2, 0.25) is 0 Å². The van der Waals surface area contributed by atoms with E-state index in [0.29, 0.717) is 38.5 Å². The topological polar surface area (TPSA) is 50.1 Å². The van der Waals surface area contributed by atoms with Crippen LogP contribution in [-0.2, 0) is 5.92 Å². The van der Waals surface area contributed by atoms with E-state index < -0.39 is 5.92 Å². The number of alkyl halides is 1. The summed E-state index contributed by atoms with van der Waals surface area (Å²) >= 11 is 0. The molecule has 1 saturated heterocycles. The Morgan fingerprint density at radius 3 is 2.41 bits per heavy atom. The van der Waals surface area contributed by atoms with E-state index in [1.807, 2.05) is 11.8 Å². The third-order valence-electron chi connectivity index (χ3n) is 4.02. The van der Waals surface area contributed by atoms with Gasteiger partial charge in [0.05, 0.1) is 0 Å². The SMILES string of the molecule is CCCC(F)(N1CCN(c2ncccn2)CC1)n1cccn1. The molecule has 0 saturated carbocycles. The number of hydrogen-bond acceptors (Lipinski definition) is 5. The van der Waals surface area contributed by atoms with Crippen molar-refractivity contribution in [3.8, 4) is 0 Å². The number of hydrogen-bond donors (Lipinski definition) is 0. The molecule has 118 valence electrons. The molecule has 22 heavy (non-hydrogen) atoms. The first-order valence-electron chi connectivity index (χ1n) is 7.70. The van der Waals surface area contributed by atoms with Crippen LogP contribution in [0, 0.1) is 0 Å². The van der Waals surface area contributed by atoms with Gasteiger partial charge in [0.1, 0.15) is 0 Å². The first-order valence-corrected chi connectivity index (χ1v) is 7.70. The fraction of sp³-hybridized carbons (Fsp3) is 0.533. The second kappa shape index (κ2) is 6.39. The van der Waals surface area contributed by atoms with Crippen LogP contribution in [0.3, 0.4) is 0 Å². The Morgan fingerprint density at radius 1 is 1.09 bits per heavy atom. The monoisotopic (exact) mass is 304 g/mol. The summed E-state index contributed by atoms with van der Waals surface area (Å²) in [6.07, 6.45) is 7.97. The summed E-state index contributed by atoms with van der Waals surface area (Å²) in [6.45, 7) is 4.65. The molecule has 3 rings (SSSR count). The second-order valence-electron chi connectivity index (χ2n) is 5.44. The van der Waals surface area contributed by atoms with Gasteiger partial charge in [0.15, 0.2) is 0 Å². The van der Waals surface area contributed by atoms with Crippen molar-refractivity contribution in [3.05, 3.63) is 36.9 Å². The Balaban J connectivity index is 1.71. The molecule has 0 spiro atoms. The first kappa shape index (κ1) is 14.9. The molecule has 1 aliphatic heterocycles. The normalized spacial score (nSPS) is 19.1. The zero-order valence-corrected chi connectivity index (χ0v) is 12.8. The highest BCUT2D eigenvalue weighted by Gasteiger charge is 2.40. The van der Waals surface area contributed by atoms with E-state index in [1.54, 1.807) is 36.9 Å². The predicted octanol–water partition coefficient (Wildman–Crippen LogP) is 1.88. The van der Waals surface area contributed by atoms with Crippen LogP contribution in [0.1, 0.15) is 19.8 Å². The van der Waals surface area contributed by atoms with Crippen LogP contribution in [0.4, 0.5) is 10.3 Å². The number of rotatable bonds is 5. The van der Waals surface area contributed by atoms with Crippen molar-refractivity contribution in [2.24, 2.45) is 0 Å². The molecule has 1 aliphatic rings. The predicted molar refractivity (Wildman–Crippen MR) is 82.0 cm³/mol. The van der Waals surface area contributed by atoms with Crippen molar-refractivity contribution in [2.75, 3.05) is 31.1 Å². The van der Waals surface area contributed by atoms with Gasteiger partial charge in [-0.2, -0.15) is 9.49 Å². The van der Waals surface area contributed by atoms with Crippen molar-refractivity contribution in [2.45, 2.75) is 25.7 Å². The number of nitrogens with zero attached hydrogens (tertiary/aromatic N) is 6. The van der Waals surface area contributed by atoms with E-state index in [0.717, 1.165) is 6.42 Å². The smallest absolute Gasteiger partial charge is 0.258 e. The van der Waals surface area contributed by atoms with E-state index in [2.05, 4.69) is 20.0 Å². The molecule has 3 heterocycles. The van der Waals surface area contributed by atoms with Crippen molar-refractivity contribution >= 4 is 5.95 Å². The summed E-state index contributed by atoms with van der Waals surface area (Å²) < 4.78 is 17.0. The van der Waals surface area contributed by atoms with Crippen LogP contribution < -0.4 is 4.90 Å². The molecule has 0 aliphatic carbocycles. The van der Waals surface area contributed by atoms with Crippen LogP contribution in [0.25, 0.3) is 0 Å². The molecule has 2 aromatic rings. The maximum atomic E-state index is 15.5. The van der Waals surface area contributed by atoms with Crippen molar-refractivity contribution in [1.82, 2.24) is 24.6 Å². The molecule has 7 heteroatoms. The number of halogens is 1. The molecule has 0 radical (unpaired) electrons. The van der Waals surface area contributed by atoms with Gasteiger partial charge in [0.2, 0.25) is 5.95 Å². The van der Waals surface area contributed by atoms with Crippen LogP contribution in [0.5, 0.6) is 0 Å². The van der Waals surface area contributed by atoms with Crippen LogP contribution in [-0.4, -0.2) is 50.8 Å². The zero-order chi connectivity index (χ0) is 15.4. The standard InChI is InChI=1S/C15H21FN6/c1-2-5-15(16,22-9-4-8-19-22)21-12-10-20(11-13-21)14-17-6-3-7-18-14/h3-4,6-9H,2,5,10-13H2,1H3. The lowest BCUT2D eigenvalue weighted by Gasteiger charge is -2.42. The highest BCUT2D eigenvalue weighted by Crippen LogP contribution is 2.30. The van der Waals surface area contributed by atoms with Crippen LogP contribution >= 0.6 is 0 Å². The molecule has 0 N–H and O–H groups in total. The minimum atomic E-state index is -1.55. The fourth-order valence-electron chi connectivity index (χ4n) is 2.91. The van der Waals surface area contributed by atoms with Gasteiger partial charge in [-0.15, -0.1) is 0 Å². The Labute approximate surface area is 129 Å². The lowest BCUT2D eigenvalue weighted by Crippen LogP contribution is -2.56. The van der Waals surface area contributed by atoms with E-state index >= 15 is 4.39 Å². The molecule has 0 amide bonds. The number of anilines is 1. The minimum Gasteiger partial charge on any atom is -0.338 e. The van der Waals surface area contributed by atoms with Crippen LogP contribution in [0.15, 0.2) is 36.9 Å². The largest absolute Gasteiger partial charge is 0.338 e. The summed E-state index contributed by atoms with van der Waals surface area (Å²) in [6, 6.07) is 3.56. The van der Waals surface area contributed by atoms with E-state index in [1.165, 1.54) is 4.68 Å². The van der Waals surface area contributed by atoms with E-state index in [4.69, 9.17) is 0 Å². The molecular formula is C15H21FN6. The van der Waals surface area contributed by atoms with E-state index in [9.17, 15) is 0 Å². The molecule has 0 bridgehead atoms. The Morgan fingerprint density at radius 2 is 1.82 bits per heavy atom.